The van der Waals surface area contributed by atoms with Gasteiger partial charge in [0.1, 0.15) is 17.0 Å². The van der Waals surface area contributed by atoms with Gasteiger partial charge < -0.3 is 19.7 Å². The molecule has 0 atom stereocenters. The zero-order valence-electron chi connectivity index (χ0n) is 17.3. The highest BCUT2D eigenvalue weighted by atomic mass is 32.1. The number of anilines is 4. The number of nitrogens with zero attached hydrogens (tertiary/aromatic N) is 5. The molecule has 0 bridgehead atoms. The Morgan fingerprint density at radius 3 is 2.52 bits per heavy atom. The summed E-state index contributed by atoms with van der Waals surface area (Å²) >= 11 is 1.42. The second kappa shape index (κ2) is 8.35. The molecule has 0 saturated heterocycles. The Labute approximate surface area is 183 Å². The number of methoxy groups -OCH3 is 2. The topological polar surface area (TPSA) is 85.3 Å². The molecule has 31 heavy (non-hydrogen) atoms. The lowest BCUT2D eigenvalue weighted by atomic mass is 10.2. The van der Waals surface area contributed by atoms with E-state index in [0.29, 0.717) is 16.9 Å². The number of ether oxygens (including phenoxy) is 2. The standard InChI is InChI=1S/C22H22N6O2S/c1-29-17-7-16(8-18(10-17)30-2)28(12-14-3-4-14)15-5-6-19-20(9-15)25-21(11-23-19)26-22-27-24-13-31-22/h5-11,13-14H,3-4,12H2,1-2H3,(H,25,26,27). The van der Waals surface area contributed by atoms with Crippen molar-refractivity contribution in [1.82, 2.24) is 20.2 Å². The Hall–Kier alpha value is -3.46. The Morgan fingerprint density at radius 1 is 1.03 bits per heavy atom. The maximum atomic E-state index is 5.49. The molecule has 2 aromatic carbocycles. The van der Waals surface area contributed by atoms with Crippen molar-refractivity contribution >= 4 is 44.7 Å². The lowest BCUT2D eigenvalue weighted by molar-refractivity contribution is 0.394. The molecule has 0 aliphatic heterocycles. The van der Waals surface area contributed by atoms with E-state index >= 15 is 0 Å². The van der Waals surface area contributed by atoms with Crippen LogP contribution >= 0.6 is 11.3 Å². The number of hydrogen-bond donors (Lipinski definition) is 1. The maximum Gasteiger partial charge on any atom is 0.211 e. The van der Waals surface area contributed by atoms with E-state index in [1.54, 1.807) is 25.9 Å². The number of nitrogens with one attached hydrogen (secondary N) is 1. The van der Waals surface area contributed by atoms with Gasteiger partial charge in [-0.05, 0) is 37.0 Å². The van der Waals surface area contributed by atoms with Crippen LogP contribution < -0.4 is 19.7 Å². The molecule has 1 fully saturated rings. The van der Waals surface area contributed by atoms with E-state index in [1.807, 2.05) is 24.3 Å². The molecule has 1 aliphatic carbocycles. The van der Waals surface area contributed by atoms with Crippen LogP contribution in [0.25, 0.3) is 11.0 Å². The molecule has 1 saturated carbocycles. The van der Waals surface area contributed by atoms with Crippen molar-refractivity contribution in [3.8, 4) is 11.5 Å². The molecule has 1 aliphatic rings. The Bertz CT molecular complexity index is 1170. The Balaban J connectivity index is 1.53. The molecule has 0 amide bonds. The normalized spacial score (nSPS) is 13.2. The number of fused-ring (bicyclic) bond motifs is 1. The van der Waals surface area contributed by atoms with Gasteiger partial charge in [-0.15, -0.1) is 10.2 Å². The molecule has 0 unspecified atom stereocenters. The minimum absolute atomic E-state index is 0.637. The van der Waals surface area contributed by atoms with Crippen LogP contribution in [-0.2, 0) is 0 Å². The minimum atomic E-state index is 0.637. The van der Waals surface area contributed by atoms with Crippen LogP contribution in [0.4, 0.5) is 22.3 Å². The molecule has 9 heteroatoms. The molecule has 5 rings (SSSR count). The highest BCUT2D eigenvalue weighted by Gasteiger charge is 2.26. The summed E-state index contributed by atoms with van der Waals surface area (Å²) in [6.45, 7) is 0.929. The molecule has 0 radical (unpaired) electrons. The van der Waals surface area contributed by atoms with E-state index in [9.17, 15) is 0 Å². The van der Waals surface area contributed by atoms with Crippen molar-refractivity contribution in [2.45, 2.75) is 12.8 Å². The van der Waals surface area contributed by atoms with E-state index < -0.39 is 0 Å². The summed E-state index contributed by atoms with van der Waals surface area (Å²) in [5.41, 5.74) is 5.40. The summed E-state index contributed by atoms with van der Waals surface area (Å²) in [5, 5.41) is 11.7. The summed E-state index contributed by atoms with van der Waals surface area (Å²) < 4.78 is 11.0. The highest BCUT2D eigenvalue weighted by molar-refractivity contribution is 7.13. The molecule has 8 nitrogen and oxygen atoms in total. The average molecular weight is 435 g/mol. The smallest absolute Gasteiger partial charge is 0.211 e. The van der Waals surface area contributed by atoms with Crippen LogP contribution in [0.15, 0.2) is 48.1 Å². The molecular formula is C22H22N6O2S. The summed E-state index contributed by atoms with van der Waals surface area (Å²) in [5.74, 6) is 2.85. The van der Waals surface area contributed by atoms with Crippen molar-refractivity contribution < 1.29 is 9.47 Å². The lowest BCUT2D eigenvalue weighted by Gasteiger charge is -2.26. The Kier molecular flexibility index (Phi) is 5.25. The second-order valence-electron chi connectivity index (χ2n) is 7.42. The minimum Gasteiger partial charge on any atom is -0.497 e. The predicted molar refractivity (Wildman–Crippen MR) is 122 cm³/mol. The van der Waals surface area contributed by atoms with Crippen molar-refractivity contribution in [1.29, 1.82) is 0 Å². The zero-order valence-corrected chi connectivity index (χ0v) is 18.1. The van der Waals surface area contributed by atoms with E-state index in [0.717, 1.165) is 40.5 Å². The van der Waals surface area contributed by atoms with Gasteiger partial charge in [0.2, 0.25) is 5.13 Å². The van der Waals surface area contributed by atoms with Crippen LogP contribution in [0.2, 0.25) is 0 Å². The van der Waals surface area contributed by atoms with E-state index in [1.165, 1.54) is 24.2 Å². The molecule has 1 N–H and O–H groups in total. The number of benzene rings is 2. The predicted octanol–water partition coefficient (Wildman–Crippen LogP) is 4.79. The molecule has 0 spiro atoms. The fraction of sp³-hybridized carbons (Fsp3) is 0.273. The SMILES string of the molecule is COc1cc(OC)cc(N(CC2CC2)c2ccc3ncc(Nc4nncs4)nc3c2)c1. The van der Waals surface area contributed by atoms with Gasteiger partial charge in [0, 0.05) is 36.1 Å². The van der Waals surface area contributed by atoms with Gasteiger partial charge in [0.05, 0.1) is 31.4 Å². The zero-order chi connectivity index (χ0) is 21.2. The van der Waals surface area contributed by atoms with Gasteiger partial charge in [0.15, 0.2) is 5.82 Å². The highest BCUT2D eigenvalue weighted by Crippen LogP contribution is 2.38. The van der Waals surface area contributed by atoms with Gasteiger partial charge in [0.25, 0.3) is 0 Å². The van der Waals surface area contributed by atoms with Gasteiger partial charge in [-0.1, -0.05) is 11.3 Å². The summed E-state index contributed by atoms with van der Waals surface area (Å²) in [6.07, 6.45) is 4.21. The molecule has 4 aromatic rings. The first kappa shape index (κ1) is 19.5. The molecule has 158 valence electrons. The van der Waals surface area contributed by atoms with Gasteiger partial charge in [-0.3, -0.25) is 4.98 Å². The molecular weight excluding hydrogens is 412 g/mol. The monoisotopic (exact) mass is 434 g/mol. The van der Waals surface area contributed by atoms with Crippen LogP contribution in [0, 0.1) is 5.92 Å². The maximum absolute atomic E-state index is 5.49. The third-order valence-electron chi connectivity index (χ3n) is 5.22. The van der Waals surface area contributed by atoms with E-state index in [-0.39, 0.29) is 0 Å². The van der Waals surface area contributed by atoms with E-state index in [4.69, 9.17) is 14.5 Å². The first-order chi connectivity index (χ1) is 15.2. The fourth-order valence-electron chi connectivity index (χ4n) is 3.43. The fourth-order valence-corrected chi connectivity index (χ4v) is 3.88. The number of aromatic nitrogens is 4. The van der Waals surface area contributed by atoms with Gasteiger partial charge in [-0.25, -0.2) is 4.98 Å². The molecule has 2 aromatic heterocycles. The first-order valence-corrected chi connectivity index (χ1v) is 10.9. The summed E-state index contributed by atoms with van der Waals surface area (Å²) in [6, 6.07) is 12.1. The number of rotatable bonds is 8. The quantitative estimate of drug-likeness (QED) is 0.424. The van der Waals surface area contributed by atoms with Crippen molar-refractivity contribution in [3.63, 3.8) is 0 Å². The van der Waals surface area contributed by atoms with Crippen molar-refractivity contribution in [3.05, 3.63) is 48.1 Å². The van der Waals surface area contributed by atoms with Crippen molar-refractivity contribution in [2.75, 3.05) is 31.0 Å². The lowest BCUT2D eigenvalue weighted by Crippen LogP contribution is -2.20. The third-order valence-corrected chi connectivity index (χ3v) is 5.82. The summed E-state index contributed by atoms with van der Waals surface area (Å²) in [7, 11) is 3.34. The third kappa shape index (κ3) is 4.36. The number of hydrogen-bond acceptors (Lipinski definition) is 9. The van der Waals surface area contributed by atoms with Crippen LogP contribution in [0.5, 0.6) is 11.5 Å². The Morgan fingerprint density at radius 2 is 1.84 bits per heavy atom. The average Bonchev–Trinajstić information content (AvgIpc) is 3.49. The summed E-state index contributed by atoms with van der Waals surface area (Å²) in [4.78, 5) is 11.6. The van der Waals surface area contributed by atoms with Gasteiger partial charge >= 0.3 is 0 Å². The van der Waals surface area contributed by atoms with Gasteiger partial charge in [-0.2, -0.15) is 0 Å². The van der Waals surface area contributed by atoms with Crippen LogP contribution in [0.1, 0.15) is 12.8 Å². The van der Waals surface area contributed by atoms with Crippen LogP contribution in [-0.4, -0.2) is 40.9 Å². The molecule has 2 heterocycles. The second-order valence-corrected chi connectivity index (χ2v) is 8.26. The van der Waals surface area contributed by atoms with Crippen LogP contribution in [0.3, 0.4) is 0 Å². The van der Waals surface area contributed by atoms with Crippen molar-refractivity contribution in [2.24, 2.45) is 5.92 Å². The first-order valence-electron chi connectivity index (χ1n) is 10.0. The van der Waals surface area contributed by atoms with E-state index in [2.05, 4.69) is 37.5 Å². The largest absolute Gasteiger partial charge is 0.497 e.